The van der Waals surface area contributed by atoms with Crippen LogP contribution in [0.2, 0.25) is 0 Å². The smallest absolute Gasteiger partial charge is 0.352 e. The number of halogens is 3. The molecule has 1 heterocycles. The van der Waals surface area contributed by atoms with E-state index in [4.69, 9.17) is 0 Å². The molecule has 21 heavy (non-hydrogen) atoms. The molecule has 1 aromatic heterocycles. The summed E-state index contributed by atoms with van der Waals surface area (Å²) in [7, 11) is 0. The van der Waals surface area contributed by atoms with Gasteiger partial charge < -0.3 is 9.88 Å². The Hall–Kier alpha value is -1.98. The molecular formula is C15H18F3N3. The molecule has 0 atom stereocenters. The quantitative estimate of drug-likeness (QED) is 0.906. The summed E-state index contributed by atoms with van der Waals surface area (Å²) in [5, 5.41) is 3.09. The van der Waals surface area contributed by atoms with E-state index in [2.05, 4.69) is 10.3 Å². The zero-order valence-corrected chi connectivity index (χ0v) is 12.2. The van der Waals surface area contributed by atoms with E-state index in [-0.39, 0.29) is 6.04 Å². The number of anilines is 1. The van der Waals surface area contributed by atoms with E-state index in [1.165, 1.54) is 6.07 Å². The van der Waals surface area contributed by atoms with Crippen molar-refractivity contribution in [2.24, 2.45) is 0 Å². The largest absolute Gasteiger partial charge is 0.416 e. The Kier molecular flexibility index (Phi) is 4.25. The van der Waals surface area contributed by atoms with Crippen LogP contribution < -0.4 is 5.32 Å². The first-order valence-electron chi connectivity index (χ1n) is 6.73. The molecule has 0 spiro atoms. The first kappa shape index (κ1) is 15.4. The van der Waals surface area contributed by atoms with E-state index >= 15 is 0 Å². The maximum atomic E-state index is 12.7. The van der Waals surface area contributed by atoms with Crippen molar-refractivity contribution in [2.75, 3.05) is 5.32 Å². The van der Waals surface area contributed by atoms with Gasteiger partial charge in [-0.25, -0.2) is 4.98 Å². The number of imidazole rings is 1. The van der Waals surface area contributed by atoms with E-state index in [0.29, 0.717) is 18.1 Å². The Morgan fingerprint density at radius 2 is 2.00 bits per heavy atom. The zero-order chi connectivity index (χ0) is 15.6. The molecule has 0 radical (unpaired) electrons. The summed E-state index contributed by atoms with van der Waals surface area (Å²) >= 11 is 0. The van der Waals surface area contributed by atoms with Crippen molar-refractivity contribution in [3.05, 3.63) is 47.3 Å². The second kappa shape index (κ2) is 5.79. The predicted molar refractivity (Wildman–Crippen MR) is 76.1 cm³/mol. The van der Waals surface area contributed by atoms with Gasteiger partial charge in [0.15, 0.2) is 0 Å². The molecule has 0 unspecified atom stereocenters. The molecule has 1 aromatic carbocycles. The highest BCUT2D eigenvalue weighted by Gasteiger charge is 2.30. The van der Waals surface area contributed by atoms with Crippen LogP contribution >= 0.6 is 0 Å². The number of rotatable bonds is 4. The minimum atomic E-state index is -4.32. The lowest BCUT2D eigenvalue weighted by Crippen LogP contribution is -2.10. The maximum Gasteiger partial charge on any atom is 0.416 e. The minimum absolute atomic E-state index is 0.232. The summed E-state index contributed by atoms with van der Waals surface area (Å²) in [5.41, 5.74) is 0.807. The molecule has 0 fully saturated rings. The lowest BCUT2D eigenvalue weighted by atomic mass is 10.1. The third-order valence-corrected chi connectivity index (χ3v) is 3.11. The topological polar surface area (TPSA) is 29.9 Å². The molecular weight excluding hydrogens is 279 g/mol. The maximum absolute atomic E-state index is 12.7. The Morgan fingerprint density at radius 3 is 2.62 bits per heavy atom. The molecule has 0 aliphatic carbocycles. The van der Waals surface area contributed by atoms with Crippen LogP contribution in [0.4, 0.5) is 19.1 Å². The number of hydrogen-bond acceptors (Lipinski definition) is 2. The van der Waals surface area contributed by atoms with Crippen LogP contribution in [-0.2, 0) is 12.7 Å². The average Bonchev–Trinajstić information content (AvgIpc) is 2.77. The molecule has 3 nitrogen and oxygen atoms in total. The second-order valence-electron chi connectivity index (χ2n) is 5.26. The molecule has 1 N–H and O–H groups in total. The molecule has 0 aliphatic heterocycles. The van der Waals surface area contributed by atoms with Gasteiger partial charge in [0.1, 0.15) is 0 Å². The Morgan fingerprint density at radius 1 is 1.29 bits per heavy atom. The summed E-state index contributed by atoms with van der Waals surface area (Å²) in [4.78, 5) is 4.35. The van der Waals surface area contributed by atoms with Crippen LogP contribution in [0.5, 0.6) is 0 Å². The lowest BCUT2D eigenvalue weighted by molar-refractivity contribution is -0.137. The van der Waals surface area contributed by atoms with Gasteiger partial charge in [-0.3, -0.25) is 0 Å². The molecule has 2 rings (SSSR count). The van der Waals surface area contributed by atoms with E-state index in [1.807, 2.05) is 31.5 Å². The summed E-state index contributed by atoms with van der Waals surface area (Å²) < 4.78 is 40.0. The van der Waals surface area contributed by atoms with Gasteiger partial charge in [0.2, 0.25) is 5.95 Å². The van der Waals surface area contributed by atoms with Crippen molar-refractivity contribution in [1.29, 1.82) is 0 Å². The van der Waals surface area contributed by atoms with Gasteiger partial charge in [-0.15, -0.1) is 0 Å². The molecule has 0 amide bonds. The lowest BCUT2D eigenvalue weighted by Gasteiger charge is -2.13. The minimum Gasteiger partial charge on any atom is -0.352 e. The normalized spacial score (nSPS) is 12.0. The fourth-order valence-electron chi connectivity index (χ4n) is 2.08. The predicted octanol–water partition coefficient (Wildman–Crippen LogP) is 4.40. The third-order valence-electron chi connectivity index (χ3n) is 3.11. The SMILES string of the molecule is Cc1cn(C(C)C)c(NCc2cccc(C(F)(F)F)c2)n1. The highest BCUT2D eigenvalue weighted by atomic mass is 19.4. The highest BCUT2D eigenvalue weighted by Crippen LogP contribution is 2.29. The Labute approximate surface area is 121 Å². The molecule has 114 valence electrons. The van der Waals surface area contributed by atoms with Crippen molar-refractivity contribution in [3.63, 3.8) is 0 Å². The fraction of sp³-hybridized carbons (Fsp3) is 0.400. The standard InChI is InChI=1S/C15H18F3N3/c1-10(2)21-9-11(3)20-14(21)19-8-12-5-4-6-13(7-12)15(16,17)18/h4-7,9-10H,8H2,1-3H3,(H,19,20). The Balaban J connectivity index is 2.14. The van der Waals surface area contributed by atoms with Crippen molar-refractivity contribution in [1.82, 2.24) is 9.55 Å². The number of alkyl halides is 3. The molecule has 0 saturated carbocycles. The summed E-state index contributed by atoms with van der Waals surface area (Å²) in [6, 6.07) is 5.54. The van der Waals surface area contributed by atoms with Gasteiger partial charge >= 0.3 is 6.18 Å². The molecule has 6 heteroatoms. The van der Waals surface area contributed by atoms with Gasteiger partial charge in [0, 0.05) is 18.8 Å². The Bertz CT molecular complexity index is 615. The first-order chi connectivity index (χ1) is 9.77. The summed E-state index contributed by atoms with van der Waals surface area (Å²) in [5.74, 6) is 0.667. The van der Waals surface area contributed by atoms with Crippen molar-refractivity contribution >= 4 is 5.95 Å². The van der Waals surface area contributed by atoms with Crippen LogP contribution in [0, 0.1) is 6.92 Å². The van der Waals surface area contributed by atoms with Gasteiger partial charge in [0.05, 0.1) is 11.3 Å². The number of benzene rings is 1. The summed E-state index contributed by atoms with van der Waals surface area (Å²) in [6.45, 7) is 6.23. The average molecular weight is 297 g/mol. The van der Waals surface area contributed by atoms with E-state index in [9.17, 15) is 13.2 Å². The molecule has 0 bridgehead atoms. The van der Waals surface area contributed by atoms with Gasteiger partial charge in [-0.05, 0) is 38.5 Å². The van der Waals surface area contributed by atoms with Crippen molar-refractivity contribution in [3.8, 4) is 0 Å². The number of nitrogens with one attached hydrogen (secondary N) is 1. The van der Waals surface area contributed by atoms with Crippen LogP contribution in [0.1, 0.15) is 36.7 Å². The first-order valence-corrected chi connectivity index (χ1v) is 6.73. The number of aryl methyl sites for hydroxylation is 1. The van der Waals surface area contributed by atoms with Crippen molar-refractivity contribution in [2.45, 2.75) is 39.5 Å². The summed E-state index contributed by atoms with van der Waals surface area (Å²) in [6.07, 6.45) is -2.40. The molecule has 0 aliphatic rings. The van der Waals surface area contributed by atoms with Crippen LogP contribution in [-0.4, -0.2) is 9.55 Å². The molecule has 0 saturated heterocycles. The number of hydrogen-bond donors (Lipinski definition) is 1. The zero-order valence-electron chi connectivity index (χ0n) is 12.2. The van der Waals surface area contributed by atoms with Crippen LogP contribution in [0.15, 0.2) is 30.5 Å². The van der Waals surface area contributed by atoms with Gasteiger partial charge in [0.25, 0.3) is 0 Å². The van der Waals surface area contributed by atoms with E-state index in [0.717, 1.165) is 17.8 Å². The second-order valence-corrected chi connectivity index (χ2v) is 5.26. The fourth-order valence-corrected chi connectivity index (χ4v) is 2.08. The monoisotopic (exact) mass is 297 g/mol. The number of aromatic nitrogens is 2. The van der Waals surface area contributed by atoms with Crippen LogP contribution in [0.25, 0.3) is 0 Å². The van der Waals surface area contributed by atoms with Gasteiger partial charge in [-0.1, -0.05) is 12.1 Å². The van der Waals surface area contributed by atoms with Gasteiger partial charge in [-0.2, -0.15) is 13.2 Å². The third kappa shape index (κ3) is 3.77. The number of nitrogens with zero attached hydrogens (tertiary/aromatic N) is 2. The van der Waals surface area contributed by atoms with E-state index < -0.39 is 11.7 Å². The van der Waals surface area contributed by atoms with E-state index in [1.54, 1.807) is 6.07 Å². The van der Waals surface area contributed by atoms with Crippen molar-refractivity contribution < 1.29 is 13.2 Å². The molecule has 2 aromatic rings. The highest BCUT2D eigenvalue weighted by molar-refractivity contribution is 5.33. The van der Waals surface area contributed by atoms with Crippen LogP contribution in [0.3, 0.4) is 0 Å².